The van der Waals surface area contributed by atoms with Crippen LogP contribution in [-0.4, -0.2) is 23.7 Å². The highest BCUT2D eigenvalue weighted by atomic mass is 35.5. The van der Waals surface area contributed by atoms with Gasteiger partial charge in [0.2, 0.25) is 5.91 Å². The average Bonchev–Trinajstić information content (AvgIpc) is 2.23. The molecular weight excluding hydrogens is 233 g/mol. The Morgan fingerprint density at radius 3 is 2.88 bits per heavy atom. The largest absolute Gasteiger partial charge is 0.394 e. The first-order valence-electron chi connectivity index (χ1n) is 4.87. The number of aliphatic hydroxyl groups excluding tert-OH is 1. The molecule has 0 aliphatic carbocycles. The van der Waals surface area contributed by atoms with Crippen molar-refractivity contribution in [1.29, 1.82) is 0 Å². The van der Waals surface area contributed by atoms with Crippen molar-refractivity contribution in [3.63, 3.8) is 0 Å². The van der Waals surface area contributed by atoms with Gasteiger partial charge in [-0.2, -0.15) is 0 Å². The number of halogens is 2. The van der Waals surface area contributed by atoms with E-state index in [0.29, 0.717) is 0 Å². The second kappa shape index (κ2) is 5.82. The van der Waals surface area contributed by atoms with E-state index in [-0.39, 0.29) is 35.6 Å². The third kappa shape index (κ3) is 3.47. The molecule has 0 radical (unpaired) electrons. The Hall–Kier alpha value is -1.13. The second-order valence-electron chi connectivity index (χ2n) is 3.53. The molecule has 0 saturated heterocycles. The molecule has 1 atom stereocenters. The van der Waals surface area contributed by atoms with Crippen LogP contribution >= 0.6 is 11.6 Å². The maximum absolute atomic E-state index is 13.3. The topological polar surface area (TPSA) is 49.3 Å². The van der Waals surface area contributed by atoms with Crippen LogP contribution in [0.15, 0.2) is 18.2 Å². The molecule has 0 aliphatic heterocycles. The molecule has 0 heterocycles. The zero-order valence-corrected chi connectivity index (χ0v) is 9.59. The highest BCUT2D eigenvalue weighted by Gasteiger charge is 2.13. The van der Waals surface area contributed by atoms with Gasteiger partial charge in [0.25, 0.3) is 0 Å². The molecule has 0 saturated carbocycles. The van der Waals surface area contributed by atoms with Crippen LogP contribution in [0.2, 0.25) is 5.02 Å². The van der Waals surface area contributed by atoms with Crippen LogP contribution in [0.5, 0.6) is 0 Å². The molecule has 3 nitrogen and oxygen atoms in total. The lowest BCUT2D eigenvalue weighted by molar-refractivity contribution is -0.121. The van der Waals surface area contributed by atoms with Gasteiger partial charge in [-0.05, 0) is 19.1 Å². The number of carbonyl (C=O) groups excluding carboxylic acids is 1. The standard InChI is InChI=1S/C11H13ClFNO2/c1-7(6-15)14-11(16)5-8-9(12)3-2-4-10(8)13/h2-4,7,15H,5-6H2,1H3,(H,14,16)/t7-/m1/s1. The lowest BCUT2D eigenvalue weighted by Gasteiger charge is -2.11. The molecule has 0 aliphatic rings. The van der Waals surface area contributed by atoms with E-state index >= 15 is 0 Å². The van der Waals surface area contributed by atoms with Crippen LogP contribution in [0.4, 0.5) is 4.39 Å². The van der Waals surface area contributed by atoms with Gasteiger partial charge >= 0.3 is 0 Å². The van der Waals surface area contributed by atoms with Gasteiger partial charge in [-0.15, -0.1) is 0 Å². The number of benzene rings is 1. The lowest BCUT2D eigenvalue weighted by Crippen LogP contribution is -2.36. The molecule has 0 aromatic heterocycles. The van der Waals surface area contributed by atoms with Gasteiger partial charge in [0.05, 0.1) is 13.0 Å². The number of nitrogens with one attached hydrogen (secondary N) is 1. The molecule has 0 bridgehead atoms. The van der Waals surface area contributed by atoms with Gasteiger partial charge in [-0.3, -0.25) is 4.79 Å². The van der Waals surface area contributed by atoms with Crippen molar-refractivity contribution in [2.24, 2.45) is 0 Å². The summed E-state index contributed by atoms with van der Waals surface area (Å²) in [4.78, 5) is 11.4. The molecular formula is C11H13ClFNO2. The minimum atomic E-state index is -0.501. The number of hydrogen-bond acceptors (Lipinski definition) is 2. The van der Waals surface area contributed by atoms with Gasteiger partial charge in [-0.25, -0.2) is 4.39 Å². The molecule has 1 aromatic rings. The van der Waals surface area contributed by atoms with Crippen LogP contribution < -0.4 is 5.32 Å². The van der Waals surface area contributed by atoms with E-state index in [4.69, 9.17) is 16.7 Å². The summed E-state index contributed by atoms with van der Waals surface area (Å²) in [6.45, 7) is 1.50. The third-order valence-corrected chi connectivity index (χ3v) is 2.43. The first kappa shape index (κ1) is 12.9. The summed E-state index contributed by atoms with van der Waals surface area (Å²) in [5.41, 5.74) is 0.173. The highest BCUT2D eigenvalue weighted by Crippen LogP contribution is 2.19. The Labute approximate surface area is 98.2 Å². The van der Waals surface area contributed by atoms with E-state index in [1.165, 1.54) is 18.2 Å². The molecule has 1 amide bonds. The summed E-state index contributed by atoms with van der Waals surface area (Å²) in [5, 5.41) is 11.5. The normalized spacial score (nSPS) is 12.2. The molecule has 0 spiro atoms. The van der Waals surface area contributed by atoms with Crippen LogP contribution in [-0.2, 0) is 11.2 Å². The Kier molecular flexibility index (Phi) is 4.71. The molecule has 1 aromatic carbocycles. The van der Waals surface area contributed by atoms with Crippen molar-refractivity contribution in [2.45, 2.75) is 19.4 Å². The van der Waals surface area contributed by atoms with Crippen LogP contribution in [0.25, 0.3) is 0 Å². The number of aliphatic hydroxyl groups is 1. The summed E-state index contributed by atoms with van der Waals surface area (Å²) in [6.07, 6.45) is -0.129. The maximum atomic E-state index is 13.3. The number of rotatable bonds is 4. The SMILES string of the molecule is C[C@H](CO)NC(=O)Cc1c(F)cccc1Cl. The van der Waals surface area contributed by atoms with Crippen LogP contribution in [0.1, 0.15) is 12.5 Å². The molecule has 16 heavy (non-hydrogen) atoms. The van der Waals surface area contributed by atoms with E-state index in [0.717, 1.165) is 0 Å². The second-order valence-corrected chi connectivity index (χ2v) is 3.94. The van der Waals surface area contributed by atoms with Crippen molar-refractivity contribution in [1.82, 2.24) is 5.32 Å². The summed E-state index contributed by atoms with van der Waals surface area (Å²) in [5.74, 6) is -0.868. The Morgan fingerprint density at radius 2 is 2.31 bits per heavy atom. The van der Waals surface area contributed by atoms with Crippen LogP contribution in [0, 0.1) is 5.82 Å². The summed E-state index contributed by atoms with van der Waals surface area (Å²) in [6, 6.07) is 3.92. The Bertz CT molecular complexity index is 364. The first-order chi connectivity index (χ1) is 7.54. The predicted octanol–water partition coefficient (Wildman–Crippen LogP) is 1.52. The van der Waals surface area contributed by atoms with E-state index in [1.54, 1.807) is 6.92 Å². The van der Waals surface area contributed by atoms with E-state index < -0.39 is 5.82 Å². The third-order valence-electron chi connectivity index (χ3n) is 2.08. The van der Waals surface area contributed by atoms with E-state index in [9.17, 15) is 9.18 Å². The first-order valence-corrected chi connectivity index (χ1v) is 5.25. The summed E-state index contributed by atoms with van der Waals surface area (Å²) < 4.78 is 13.3. The van der Waals surface area contributed by atoms with Gasteiger partial charge < -0.3 is 10.4 Å². The number of hydrogen-bond donors (Lipinski definition) is 2. The molecule has 5 heteroatoms. The van der Waals surface area contributed by atoms with Crippen molar-refractivity contribution in [2.75, 3.05) is 6.61 Å². The monoisotopic (exact) mass is 245 g/mol. The zero-order chi connectivity index (χ0) is 12.1. The lowest BCUT2D eigenvalue weighted by atomic mass is 10.1. The van der Waals surface area contributed by atoms with Crippen LogP contribution in [0.3, 0.4) is 0 Å². The summed E-state index contributed by atoms with van der Waals surface area (Å²) >= 11 is 5.77. The summed E-state index contributed by atoms with van der Waals surface area (Å²) in [7, 11) is 0. The number of amides is 1. The fraction of sp³-hybridized carbons (Fsp3) is 0.364. The van der Waals surface area contributed by atoms with Crippen molar-refractivity contribution < 1.29 is 14.3 Å². The van der Waals surface area contributed by atoms with Gasteiger partial charge in [-0.1, -0.05) is 17.7 Å². The molecule has 0 unspecified atom stereocenters. The fourth-order valence-electron chi connectivity index (χ4n) is 1.23. The molecule has 1 rings (SSSR count). The van der Waals surface area contributed by atoms with Gasteiger partial charge in [0.15, 0.2) is 0 Å². The Balaban J connectivity index is 2.70. The van der Waals surface area contributed by atoms with Gasteiger partial charge in [0, 0.05) is 16.6 Å². The minimum Gasteiger partial charge on any atom is -0.394 e. The molecule has 2 N–H and O–H groups in total. The van der Waals surface area contributed by atoms with Crippen molar-refractivity contribution in [3.05, 3.63) is 34.6 Å². The minimum absolute atomic E-state index is 0.129. The molecule has 88 valence electrons. The van der Waals surface area contributed by atoms with E-state index in [1.807, 2.05) is 0 Å². The van der Waals surface area contributed by atoms with Gasteiger partial charge in [0.1, 0.15) is 5.82 Å². The maximum Gasteiger partial charge on any atom is 0.224 e. The smallest absolute Gasteiger partial charge is 0.224 e. The number of carbonyl (C=O) groups is 1. The highest BCUT2D eigenvalue weighted by molar-refractivity contribution is 6.31. The average molecular weight is 246 g/mol. The zero-order valence-electron chi connectivity index (χ0n) is 8.84. The quantitative estimate of drug-likeness (QED) is 0.845. The Morgan fingerprint density at radius 1 is 1.62 bits per heavy atom. The molecule has 0 fully saturated rings. The van der Waals surface area contributed by atoms with Crippen molar-refractivity contribution >= 4 is 17.5 Å². The van der Waals surface area contributed by atoms with E-state index in [2.05, 4.69) is 5.32 Å². The van der Waals surface area contributed by atoms with Crippen molar-refractivity contribution in [3.8, 4) is 0 Å². The fourth-order valence-corrected chi connectivity index (χ4v) is 1.46. The predicted molar refractivity (Wildman–Crippen MR) is 59.8 cm³/mol.